The SMILES string of the molecule is CCCN(C(=O)c1cnn(C)c1N)C1CC1. The number of rotatable bonds is 4. The zero-order chi connectivity index (χ0) is 11.7. The lowest BCUT2D eigenvalue weighted by Gasteiger charge is -2.21. The van der Waals surface area contributed by atoms with Crippen molar-refractivity contribution in [3.8, 4) is 0 Å². The number of hydrogen-bond donors (Lipinski definition) is 1. The third kappa shape index (κ3) is 1.89. The fraction of sp³-hybridized carbons (Fsp3) is 0.636. The van der Waals surface area contributed by atoms with Gasteiger partial charge in [0.05, 0.1) is 6.20 Å². The zero-order valence-corrected chi connectivity index (χ0v) is 9.81. The van der Waals surface area contributed by atoms with E-state index in [4.69, 9.17) is 5.73 Å². The molecule has 2 N–H and O–H groups in total. The molecule has 0 unspecified atom stereocenters. The van der Waals surface area contributed by atoms with Gasteiger partial charge in [-0.1, -0.05) is 6.92 Å². The highest BCUT2D eigenvalue weighted by atomic mass is 16.2. The molecular formula is C11H18N4O. The normalized spacial score (nSPS) is 15.1. The Labute approximate surface area is 95.2 Å². The summed E-state index contributed by atoms with van der Waals surface area (Å²) in [4.78, 5) is 14.2. The average molecular weight is 222 g/mol. The van der Waals surface area contributed by atoms with Gasteiger partial charge in [-0.3, -0.25) is 9.48 Å². The highest BCUT2D eigenvalue weighted by Crippen LogP contribution is 2.29. The highest BCUT2D eigenvalue weighted by Gasteiger charge is 2.33. The molecule has 0 saturated heterocycles. The van der Waals surface area contributed by atoms with Crippen LogP contribution in [-0.2, 0) is 7.05 Å². The Balaban J connectivity index is 2.18. The van der Waals surface area contributed by atoms with Crippen LogP contribution in [0.4, 0.5) is 5.82 Å². The molecular weight excluding hydrogens is 204 g/mol. The van der Waals surface area contributed by atoms with Crippen molar-refractivity contribution in [1.82, 2.24) is 14.7 Å². The minimum absolute atomic E-state index is 0.0231. The highest BCUT2D eigenvalue weighted by molar-refractivity contribution is 5.98. The molecule has 0 bridgehead atoms. The van der Waals surface area contributed by atoms with E-state index in [1.165, 1.54) is 4.68 Å². The van der Waals surface area contributed by atoms with Gasteiger partial charge < -0.3 is 10.6 Å². The van der Waals surface area contributed by atoms with Gasteiger partial charge in [0.15, 0.2) is 0 Å². The van der Waals surface area contributed by atoms with Crippen LogP contribution in [0.15, 0.2) is 6.20 Å². The molecule has 0 aliphatic heterocycles. The Morgan fingerprint density at radius 3 is 2.81 bits per heavy atom. The van der Waals surface area contributed by atoms with E-state index < -0.39 is 0 Å². The maximum Gasteiger partial charge on any atom is 0.259 e. The third-order valence-electron chi connectivity index (χ3n) is 2.93. The number of amides is 1. The second-order valence-corrected chi connectivity index (χ2v) is 4.30. The molecule has 0 atom stereocenters. The van der Waals surface area contributed by atoms with Gasteiger partial charge in [0.2, 0.25) is 0 Å². The lowest BCUT2D eigenvalue weighted by molar-refractivity contribution is 0.0744. The summed E-state index contributed by atoms with van der Waals surface area (Å²) in [5, 5.41) is 4.00. The minimum Gasteiger partial charge on any atom is -0.383 e. The molecule has 16 heavy (non-hydrogen) atoms. The quantitative estimate of drug-likeness (QED) is 0.827. The molecule has 5 nitrogen and oxygen atoms in total. The van der Waals surface area contributed by atoms with E-state index in [1.54, 1.807) is 13.2 Å². The van der Waals surface area contributed by atoms with Crippen molar-refractivity contribution in [1.29, 1.82) is 0 Å². The number of carbonyl (C=O) groups excluding carboxylic acids is 1. The number of hydrogen-bond acceptors (Lipinski definition) is 3. The van der Waals surface area contributed by atoms with Crippen molar-refractivity contribution in [2.45, 2.75) is 32.2 Å². The van der Waals surface area contributed by atoms with Crippen LogP contribution >= 0.6 is 0 Å². The van der Waals surface area contributed by atoms with E-state index in [0.29, 0.717) is 17.4 Å². The molecule has 2 rings (SSSR count). The molecule has 1 aromatic heterocycles. The van der Waals surface area contributed by atoms with Crippen LogP contribution in [0.5, 0.6) is 0 Å². The predicted molar refractivity (Wildman–Crippen MR) is 62.0 cm³/mol. The molecule has 1 amide bonds. The standard InChI is InChI=1S/C11H18N4O/c1-3-6-15(8-4-5-8)11(16)9-7-13-14(2)10(9)12/h7-8H,3-6,12H2,1-2H3. The van der Waals surface area contributed by atoms with E-state index >= 15 is 0 Å². The summed E-state index contributed by atoms with van der Waals surface area (Å²) >= 11 is 0. The Morgan fingerprint density at radius 1 is 1.69 bits per heavy atom. The second-order valence-electron chi connectivity index (χ2n) is 4.30. The van der Waals surface area contributed by atoms with E-state index in [0.717, 1.165) is 25.8 Å². The lowest BCUT2D eigenvalue weighted by Crippen LogP contribution is -2.34. The molecule has 0 aromatic carbocycles. The first-order valence-electron chi connectivity index (χ1n) is 5.73. The summed E-state index contributed by atoms with van der Waals surface area (Å²) in [5.41, 5.74) is 6.34. The molecule has 0 spiro atoms. The first kappa shape index (κ1) is 11.0. The van der Waals surface area contributed by atoms with E-state index in [1.807, 2.05) is 4.90 Å². The van der Waals surface area contributed by atoms with Gasteiger partial charge in [0, 0.05) is 19.6 Å². The summed E-state index contributed by atoms with van der Waals surface area (Å²) in [7, 11) is 1.74. The Morgan fingerprint density at radius 2 is 2.38 bits per heavy atom. The minimum atomic E-state index is 0.0231. The Hall–Kier alpha value is -1.52. The topological polar surface area (TPSA) is 64.2 Å². The first-order valence-corrected chi connectivity index (χ1v) is 5.73. The molecule has 1 aliphatic carbocycles. The number of aromatic nitrogens is 2. The summed E-state index contributed by atoms with van der Waals surface area (Å²) in [5.74, 6) is 0.474. The van der Waals surface area contributed by atoms with Crippen LogP contribution in [0.25, 0.3) is 0 Å². The fourth-order valence-corrected chi connectivity index (χ4v) is 1.84. The van der Waals surface area contributed by atoms with Gasteiger partial charge >= 0.3 is 0 Å². The van der Waals surface area contributed by atoms with E-state index in [-0.39, 0.29) is 5.91 Å². The summed E-state index contributed by atoms with van der Waals surface area (Å²) < 4.78 is 1.53. The number of nitrogen functional groups attached to an aromatic ring is 1. The molecule has 1 heterocycles. The van der Waals surface area contributed by atoms with E-state index in [2.05, 4.69) is 12.0 Å². The third-order valence-corrected chi connectivity index (χ3v) is 2.93. The number of nitrogens with two attached hydrogens (primary N) is 1. The maximum absolute atomic E-state index is 12.2. The molecule has 1 aliphatic rings. The van der Waals surface area contributed by atoms with Crippen LogP contribution in [0.3, 0.4) is 0 Å². The first-order chi connectivity index (χ1) is 7.65. The van der Waals surface area contributed by atoms with Gasteiger partial charge in [-0.2, -0.15) is 5.10 Å². The number of carbonyl (C=O) groups is 1. The summed E-state index contributed by atoms with van der Waals surface area (Å²) in [6.45, 7) is 2.88. The Kier molecular flexibility index (Phi) is 2.85. The average Bonchev–Trinajstić information content (AvgIpc) is 3.04. The zero-order valence-electron chi connectivity index (χ0n) is 9.81. The monoisotopic (exact) mass is 222 g/mol. The molecule has 5 heteroatoms. The van der Waals surface area contributed by atoms with Crippen molar-refractivity contribution in [2.24, 2.45) is 7.05 Å². The van der Waals surface area contributed by atoms with Crippen molar-refractivity contribution in [3.05, 3.63) is 11.8 Å². The van der Waals surface area contributed by atoms with Crippen molar-refractivity contribution in [2.75, 3.05) is 12.3 Å². The number of nitrogens with zero attached hydrogens (tertiary/aromatic N) is 3. The van der Waals surface area contributed by atoms with Crippen LogP contribution in [0.2, 0.25) is 0 Å². The van der Waals surface area contributed by atoms with Crippen molar-refractivity contribution >= 4 is 11.7 Å². The second kappa shape index (κ2) is 4.15. The largest absolute Gasteiger partial charge is 0.383 e. The molecule has 88 valence electrons. The van der Waals surface area contributed by atoms with Gasteiger partial charge in [0.25, 0.3) is 5.91 Å². The van der Waals surface area contributed by atoms with Crippen LogP contribution < -0.4 is 5.73 Å². The predicted octanol–water partition coefficient (Wildman–Crippen LogP) is 1.02. The van der Waals surface area contributed by atoms with Crippen LogP contribution in [0.1, 0.15) is 36.5 Å². The Bertz CT molecular complexity index is 395. The summed E-state index contributed by atoms with van der Waals surface area (Å²) in [6, 6.07) is 0.423. The molecule has 1 fully saturated rings. The number of aryl methyl sites for hydroxylation is 1. The van der Waals surface area contributed by atoms with Gasteiger partial charge in [0.1, 0.15) is 11.4 Å². The molecule has 1 aromatic rings. The van der Waals surface area contributed by atoms with Crippen LogP contribution in [0, 0.1) is 0 Å². The molecule has 0 radical (unpaired) electrons. The summed E-state index contributed by atoms with van der Waals surface area (Å²) in [6.07, 6.45) is 4.77. The van der Waals surface area contributed by atoms with Crippen LogP contribution in [-0.4, -0.2) is 33.2 Å². The van der Waals surface area contributed by atoms with Gasteiger partial charge in [-0.05, 0) is 19.3 Å². The fourth-order valence-electron chi connectivity index (χ4n) is 1.84. The number of anilines is 1. The van der Waals surface area contributed by atoms with Crippen molar-refractivity contribution < 1.29 is 4.79 Å². The molecule has 1 saturated carbocycles. The smallest absolute Gasteiger partial charge is 0.259 e. The van der Waals surface area contributed by atoms with Gasteiger partial charge in [-0.15, -0.1) is 0 Å². The lowest BCUT2D eigenvalue weighted by atomic mass is 10.2. The van der Waals surface area contributed by atoms with Crippen molar-refractivity contribution in [3.63, 3.8) is 0 Å². The van der Waals surface area contributed by atoms with E-state index in [9.17, 15) is 4.79 Å². The van der Waals surface area contributed by atoms with Gasteiger partial charge in [-0.25, -0.2) is 0 Å². The maximum atomic E-state index is 12.2.